The summed E-state index contributed by atoms with van der Waals surface area (Å²) in [5.74, 6) is 6.76. The van der Waals surface area contributed by atoms with Gasteiger partial charge in [0.25, 0.3) is 0 Å². The highest BCUT2D eigenvalue weighted by Gasteiger charge is 2.16. The Labute approximate surface area is 119 Å². The van der Waals surface area contributed by atoms with E-state index in [1.54, 1.807) is 11.3 Å². The molecule has 2 heterocycles. The monoisotopic (exact) mass is 278 g/mol. The number of hydrogen-bond acceptors (Lipinski definition) is 4. The topological polar surface area (TPSA) is 38.5 Å². The first kappa shape index (κ1) is 14.5. The second-order valence-corrected chi connectivity index (χ2v) is 6.06. The van der Waals surface area contributed by atoms with Crippen LogP contribution in [0.15, 0.2) is 11.4 Å². The van der Waals surface area contributed by atoms with Crippen LogP contribution in [0.3, 0.4) is 0 Å². The van der Waals surface area contributed by atoms with Crippen molar-refractivity contribution in [1.82, 2.24) is 4.90 Å². The lowest BCUT2D eigenvalue weighted by molar-refractivity contribution is 0.0550. The van der Waals surface area contributed by atoms with Crippen molar-refractivity contribution in [1.29, 1.82) is 0 Å². The largest absolute Gasteiger partial charge is 0.381 e. The zero-order chi connectivity index (χ0) is 13.5. The van der Waals surface area contributed by atoms with Crippen molar-refractivity contribution in [2.45, 2.75) is 19.4 Å². The Bertz CT molecular complexity index is 440. The molecule has 4 heteroatoms. The highest BCUT2D eigenvalue weighted by Crippen LogP contribution is 2.19. The normalized spacial score (nSPS) is 16.4. The quantitative estimate of drug-likeness (QED) is 0.855. The van der Waals surface area contributed by atoms with Crippen LogP contribution < -0.4 is 5.73 Å². The van der Waals surface area contributed by atoms with Crippen molar-refractivity contribution in [2.24, 2.45) is 11.7 Å². The summed E-state index contributed by atoms with van der Waals surface area (Å²) in [5, 5.41) is 2.11. The fraction of sp³-hybridized carbons (Fsp3) is 0.600. The predicted octanol–water partition coefficient (Wildman–Crippen LogP) is 1.92. The van der Waals surface area contributed by atoms with Crippen molar-refractivity contribution in [2.75, 3.05) is 33.4 Å². The van der Waals surface area contributed by atoms with Crippen LogP contribution in [0.2, 0.25) is 0 Å². The van der Waals surface area contributed by atoms with Crippen molar-refractivity contribution >= 4 is 11.3 Å². The molecule has 0 amide bonds. The minimum Gasteiger partial charge on any atom is -0.381 e. The van der Waals surface area contributed by atoms with E-state index < -0.39 is 0 Å². The summed E-state index contributed by atoms with van der Waals surface area (Å²) in [6, 6.07) is 2.17. The maximum absolute atomic E-state index is 5.40. The van der Waals surface area contributed by atoms with Crippen LogP contribution in [0, 0.1) is 17.8 Å². The number of thiophene rings is 1. The van der Waals surface area contributed by atoms with Gasteiger partial charge in [0.2, 0.25) is 0 Å². The van der Waals surface area contributed by atoms with Crippen LogP contribution >= 0.6 is 11.3 Å². The minimum atomic E-state index is 0.425. The molecule has 0 aromatic carbocycles. The molecule has 0 bridgehead atoms. The smallest absolute Gasteiger partial charge is 0.0555 e. The van der Waals surface area contributed by atoms with Crippen LogP contribution in [-0.2, 0) is 11.3 Å². The van der Waals surface area contributed by atoms with Gasteiger partial charge in [0.15, 0.2) is 0 Å². The number of ether oxygens (including phenoxy) is 1. The number of nitrogens with zero attached hydrogens (tertiary/aromatic N) is 1. The molecule has 0 unspecified atom stereocenters. The van der Waals surface area contributed by atoms with E-state index in [1.807, 2.05) is 0 Å². The average molecular weight is 278 g/mol. The maximum atomic E-state index is 5.40. The van der Waals surface area contributed by atoms with Crippen molar-refractivity contribution in [3.63, 3.8) is 0 Å². The van der Waals surface area contributed by atoms with Crippen LogP contribution in [-0.4, -0.2) is 38.3 Å². The van der Waals surface area contributed by atoms with Gasteiger partial charge in [0.05, 0.1) is 6.54 Å². The Hall–Kier alpha value is -0.860. The molecule has 0 radical (unpaired) electrons. The third-order valence-electron chi connectivity index (χ3n) is 3.33. The molecule has 0 spiro atoms. The third kappa shape index (κ3) is 4.96. The Morgan fingerprint density at radius 3 is 3.00 bits per heavy atom. The third-order valence-corrected chi connectivity index (χ3v) is 4.25. The lowest BCUT2D eigenvalue weighted by Gasteiger charge is -2.26. The summed E-state index contributed by atoms with van der Waals surface area (Å²) in [7, 11) is 2.19. The molecule has 1 saturated heterocycles. The van der Waals surface area contributed by atoms with Crippen molar-refractivity contribution in [3.05, 3.63) is 21.9 Å². The van der Waals surface area contributed by atoms with Gasteiger partial charge in [-0.05, 0) is 31.9 Å². The summed E-state index contributed by atoms with van der Waals surface area (Å²) >= 11 is 1.78. The molecule has 0 atom stereocenters. The molecule has 1 fully saturated rings. The van der Waals surface area contributed by atoms with Gasteiger partial charge in [-0.3, -0.25) is 0 Å². The van der Waals surface area contributed by atoms with Crippen molar-refractivity contribution < 1.29 is 4.74 Å². The SMILES string of the molecule is CN(Cc1cc(C#CCN)cs1)CC1CCOCC1. The molecule has 1 aromatic heterocycles. The molecule has 1 aliphatic heterocycles. The summed E-state index contributed by atoms with van der Waals surface area (Å²) in [4.78, 5) is 3.78. The van der Waals surface area contributed by atoms with E-state index in [1.165, 1.54) is 17.7 Å². The van der Waals surface area contributed by atoms with E-state index >= 15 is 0 Å². The molecule has 3 nitrogen and oxygen atoms in total. The first-order chi connectivity index (χ1) is 9.28. The molecule has 2 rings (SSSR count). The van der Waals surface area contributed by atoms with Crippen molar-refractivity contribution in [3.8, 4) is 11.8 Å². The molecule has 1 aliphatic rings. The van der Waals surface area contributed by atoms with Crippen LogP contribution in [0.1, 0.15) is 23.3 Å². The van der Waals surface area contributed by atoms with Crippen LogP contribution in [0.5, 0.6) is 0 Å². The Balaban J connectivity index is 1.80. The molecule has 104 valence electrons. The number of hydrogen-bond donors (Lipinski definition) is 1. The van der Waals surface area contributed by atoms with Gasteiger partial charge in [-0.1, -0.05) is 11.8 Å². The first-order valence-electron chi connectivity index (χ1n) is 6.80. The van der Waals surface area contributed by atoms with Gasteiger partial charge >= 0.3 is 0 Å². The summed E-state index contributed by atoms with van der Waals surface area (Å²) in [6.07, 6.45) is 2.39. The lowest BCUT2D eigenvalue weighted by atomic mass is 10.00. The second-order valence-electron chi connectivity index (χ2n) is 5.06. The van der Waals surface area contributed by atoms with E-state index in [2.05, 4.69) is 35.2 Å². The fourth-order valence-electron chi connectivity index (χ4n) is 2.38. The highest BCUT2D eigenvalue weighted by atomic mass is 32.1. The second kappa shape index (κ2) is 7.66. The predicted molar refractivity (Wildman–Crippen MR) is 80.1 cm³/mol. The van der Waals surface area contributed by atoms with Gasteiger partial charge in [-0.25, -0.2) is 0 Å². The van der Waals surface area contributed by atoms with E-state index in [0.29, 0.717) is 6.54 Å². The molecule has 19 heavy (non-hydrogen) atoms. The van der Waals surface area contributed by atoms with Crippen LogP contribution in [0.25, 0.3) is 0 Å². The Morgan fingerprint density at radius 1 is 1.47 bits per heavy atom. The van der Waals surface area contributed by atoms with E-state index in [9.17, 15) is 0 Å². The Morgan fingerprint density at radius 2 is 2.26 bits per heavy atom. The fourth-order valence-corrected chi connectivity index (χ4v) is 3.28. The van der Waals surface area contributed by atoms with E-state index in [-0.39, 0.29) is 0 Å². The average Bonchev–Trinajstić information content (AvgIpc) is 2.85. The molecule has 0 saturated carbocycles. The molecular formula is C15H22N2OS. The van der Waals surface area contributed by atoms with E-state index in [0.717, 1.165) is 37.8 Å². The summed E-state index contributed by atoms with van der Waals surface area (Å²) in [6.45, 7) is 4.44. The first-order valence-corrected chi connectivity index (χ1v) is 7.68. The minimum absolute atomic E-state index is 0.425. The number of nitrogens with two attached hydrogens (primary N) is 1. The van der Waals surface area contributed by atoms with Crippen LogP contribution in [0.4, 0.5) is 0 Å². The molecule has 0 aliphatic carbocycles. The molecule has 2 N–H and O–H groups in total. The van der Waals surface area contributed by atoms with E-state index in [4.69, 9.17) is 10.5 Å². The maximum Gasteiger partial charge on any atom is 0.0555 e. The number of rotatable bonds is 4. The Kier molecular flexibility index (Phi) is 5.87. The molecule has 1 aromatic rings. The van der Waals surface area contributed by atoms with Gasteiger partial charge in [0, 0.05) is 42.1 Å². The van der Waals surface area contributed by atoms with Gasteiger partial charge in [-0.2, -0.15) is 0 Å². The summed E-state index contributed by atoms with van der Waals surface area (Å²) < 4.78 is 5.40. The van der Waals surface area contributed by atoms with Gasteiger partial charge in [-0.15, -0.1) is 11.3 Å². The zero-order valence-electron chi connectivity index (χ0n) is 11.5. The standard InChI is InChI=1S/C15H22N2OS/c1-17(10-13-4-7-18-8-5-13)11-15-9-14(12-19-15)3-2-6-16/h9,12-13H,4-8,10-11,16H2,1H3. The summed E-state index contributed by atoms with van der Waals surface area (Å²) in [5.41, 5.74) is 6.47. The molecular weight excluding hydrogens is 256 g/mol. The lowest BCUT2D eigenvalue weighted by Crippen LogP contribution is -2.29. The highest BCUT2D eigenvalue weighted by molar-refractivity contribution is 7.10. The zero-order valence-corrected chi connectivity index (χ0v) is 12.3. The van der Waals surface area contributed by atoms with Gasteiger partial charge in [0.1, 0.15) is 0 Å². The van der Waals surface area contributed by atoms with Gasteiger partial charge < -0.3 is 15.4 Å².